The highest BCUT2D eigenvalue weighted by Gasteiger charge is 2.15. The zero-order valence-corrected chi connectivity index (χ0v) is 16.6. The van der Waals surface area contributed by atoms with Crippen LogP contribution in [0, 0.1) is 0 Å². The summed E-state index contributed by atoms with van der Waals surface area (Å²) in [6.45, 7) is 0.0110. The number of aromatic nitrogens is 1. The van der Waals surface area contributed by atoms with Crippen LogP contribution in [0.25, 0.3) is 21.7 Å². The molecule has 0 aliphatic rings. The summed E-state index contributed by atoms with van der Waals surface area (Å²) in [6, 6.07) is 19.5. The molecule has 0 aliphatic heterocycles. The molecule has 0 atom stereocenters. The Morgan fingerprint density at radius 1 is 1.11 bits per heavy atom. The van der Waals surface area contributed by atoms with E-state index in [1.165, 1.54) is 0 Å². The number of fused-ring (bicyclic) bond motifs is 2. The van der Waals surface area contributed by atoms with Gasteiger partial charge in [0.1, 0.15) is 0 Å². The van der Waals surface area contributed by atoms with Gasteiger partial charge in [-0.05, 0) is 41.1 Å². The van der Waals surface area contributed by atoms with Crippen molar-refractivity contribution in [1.29, 1.82) is 0 Å². The largest absolute Gasteiger partial charge is 0.493 e. The lowest BCUT2D eigenvalue weighted by atomic mass is 10.1. The van der Waals surface area contributed by atoms with Crippen LogP contribution in [-0.2, 0) is 11.8 Å². The van der Waals surface area contributed by atoms with Gasteiger partial charge in [-0.25, -0.2) is 0 Å². The van der Waals surface area contributed by atoms with Crippen molar-refractivity contribution in [2.24, 2.45) is 17.3 Å². The average molecular weight is 437 g/mol. The summed E-state index contributed by atoms with van der Waals surface area (Å²) in [5, 5.41) is 24.1. The smallest absolute Gasteiger partial charge is 0.283 e. The number of aryl methyl sites for hydroxylation is 1. The van der Waals surface area contributed by atoms with Crippen LogP contribution < -0.4 is 5.32 Å². The van der Waals surface area contributed by atoms with Crippen LogP contribution in [0.4, 0.5) is 11.4 Å². The number of aromatic hydroxyl groups is 1. The summed E-state index contributed by atoms with van der Waals surface area (Å²) >= 11 is 3.41. The van der Waals surface area contributed by atoms with E-state index in [0.717, 1.165) is 26.4 Å². The Labute approximate surface area is 169 Å². The number of hydrogen-bond donors (Lipinski definition) is 2. The molecule has 4 rings (SSSR count). The minimum absolute atomic E-state index is 0.0110. The average Bonchev–Trinajstić information content (AvgIpc) is 2.94. The van der Waals surface area contributed by atoms with E-state index < -0.39 is 5.91 Å². The monoisotopic (exact) mass is 436 g/mol. The van der Waals surface area contributed by atoms with E-state index in [1.54, 1.807) is 11.6 Å². The Bertz CT molecular complexity index is 1230. The lowest BCUT2D eigenvalue weighted by molar-refractivity contribution is -0.116. The fourth-order valence-corrected chi connectivity index (χ4v) is 3.46. The molecule has 0 unspecified atom stereocenters. The van der Waals surface area contributed by atoms with E-state index in [0.29, 0.717) is 5.39 Å². The number of hydrogen-bond acceptors (Lipinski definition) is 4. The van der Waals surface area contributed by atoms with Crippen LogP contribution in [0.1, 0.15) is 0 Å². The molecular formula is C21H17BrN4O2. The molecule has 0 spiro atoms. The summed E-state index contributed by atoms with van der Waals surface area (Å²) in [6.07, 6.45) is 0. The van der Waals surface area contributed by atoms with E-state index in [1.807, 2.05) is 60.7 Å². The van der Waals surface area contributed by atoms with Crippen molar-refractivity contribution >= 4 is 54.9 Å². The summed E-state index contributed by atoms with van der Waals surface area (Å²) in [5.41, 5.74) is 1.91. The van der Waals surface area contributed by atoms with Crippen LogP contribution in [0.15, 0.2) is 75.4 Å². The van der Waals surface area contributed by atoms with Crippen LogP contribution >= 0.6 is 15.9 Å². The molecule has 28 heavy (non-hydrogen) atoms. The van der Waals surface area contributed by atoms with Crippen LogP contribution in [-0.4, -0.2) is 22.1 Å². The Hall–Kier alpha value is -3.19. The van der Waals surface area contributed by atoms with Crippen molar-refractivity contribution in [3.8, 4) is 5.88 Å². The number of benzene rings is 3. The van der Waals surface area contributed by atoms with Crippen molar-refractivity contribution in [1.82, 2.24) is 4.57 Å². The number of anilines is 1. The fourth-order valence-electron chi connectivity index (χ4n) is 3.10. The highest BCUT2D eigenvalue weighted by atomic mass is 79.9. The number of nitrogens with one attached hydrogen (secondary N) is 1. The van der Waals surface area contributed by atoms with E-state index in [2.05, 4.69) is 31.5 Å². The van der Waals surface area contributed by atoms with Crippen molar-refractivity contribution < 1.29 is 9.90 Å². The molecule has 140 valence electrons. The molecule has 0 radical (unpaired) electrons. The lowest BCUT2D eigenvalue weighted by Gasteiger charge is -2.05. The Morgan fingerprint density at radius 2 is 1.89 bits per heavy atom. The SMILES string of the molecule is Cn1c(O)c(N=NC(=O)CNc2ccc3ccccc3c2)c2cc(Br)ccc21. The number of carbonyl (C=O) groups excluding carboxylic acids is 1. The third kappa shape index (κ3) is 3.48. The minimum atomic E-state index is -0.431. The summed E-state index contributed by atoms with van der Waals surface area (Å²) in [5.74, 6) is -0.466. The highest BCUT2D eigenvalue weighted by Crippen LogP contribution is 2.39. The molecule has 1 amide bonds. The Morgan fingerprint density at radius 3 is 2.71 bits per heavy atom. The van der Waals surface area contributed by atoms with Crippen LogP contribution in [0.3, 0.4) is 0 Å². The third-order valence-electron chi connectivity index (χ3n) is 4.56. The van der Waals surface area contributed by atoms with Gasteiger partial charge in [-0.1, -0.05) is 46.3 Å². The van der Waals surface area contributed by atoms with Gasteiger partial charge in [-0.15, -0.1) is 10.2 Å². The second kappa shape index (κ2) is 7.44. The Balaban J connectivity index is 1.50. The second-order valence-electron chi connectivity index (χ2n) is 6.40. The first kappa shape index (κ1) is 18.2. The van der Waals surface area contributed by atoms with Crippen molar-refractivity contribution in [2.45, 2.75) is 0 Å². The molecule has 1 aromatic heterocycles. The minimum Gasteiger partial charge on any atom is -0.493 e. The first-order valence-electron chi connectivity index (χ1n) is 8.67. The molecular weight excluding hydrogens is 420 g/mol. The van der Waals surface area contributed by atoms with E-state index >= 15 is 0 Å². The predicted molar refractivity (Wildman–Crippen MR) is 114 cm³/mol. The molecule has 0 saturated heterocycles. The maximum atomic E-state index is 12.2. The van der Waals surface area contributed by atoms with Gasteiger partial charge in [0.2, 0.25) is 5.88 Å². The van der Waals surface area contributed by atoms with Crippen LogP contribution in [0.2, 0.25) is 0 Å². The van der Waals surface area contributed by atoms with E-state index in [9.17, 15) is 9.90 Å². The standard InChI is InChI=1S/C21H17BrN4O2/c1-26-18-9-7-15(22)11-17(18)20(21(26)28)25-24-19(27)12-23-16-8-6-13-4-2-3-5-14(13)10-16/h2-11,23,28H,12H2,1H3. The molecule has 4 aromatic rings. The van der Waals surface area contributed by atoms with Gasteiger partial charge in [0.25, 0.3) is 5.91 Å². The molecule has 3 aromatic carbocycles. The molecule has 0 saturated carbocycles. The summed E-state index contributed by atoms with van der Waals surface area (Å²) in [7, 11) is 1.73. The van der Waals surface area contributed by atoms with E-state index in [4.69, 9.17) is 0 Å². The fraction of sp³-hybridized carbons (Fsp3) is 0.0952. The van der Waals surface area contributed by atoms with E-state index in [-0.39, 0.29) is 18.1 Å². The molecule has 2 N–H and O–H groups in total. The highest BCUT2D eigenvalue weighted by molar-refractivity contribution is 9.10. The second-order valence-corrected chi connectivity index (χ2v) is 7.32. The molecule has 7 heteroatoms. The third-order valence-corrected chi connectivity index (χ3v) is 5.05. The zero-order chi connectivity index (χ0) is 19.7. The number of nitrogens with zero attached hydrogens (tertiary/aromatic N) is 3. The molecule has 0 bridgehead atoms. The van der Waals surface area contributed by atoms with Gasteiger partial charge >= 0.3 is 0 Å². The van der Waals surface area contributed by atoms with Gasteiger partial charge in [0.05, 0.1) is 12.1 Å². The molecule has 0 aliphatic carbocycles. The lowest BCUT2D eigenvalue weighted by Crippen LogP contribution is -2.10. The van der Waals surface area contributed by atoms with Crippen molar-refractivity contribution in [2.75, 3.05) is 11.9 Å². The van der Waals surface area contributed by atoms with Gasteiger partial charge in [0, 0.05) is 22.6 Å². The maximum absolute atomic E-state index is 12.2. The normalized spacial score (nSPS) is 11.5. The molecule has 6 nitrogen and oxygen atoms in total. The summed E-state index contributed by atoms with van der Waals surface area (Å²) in [4.78, 5) is 12.2. The number of halogens is 1. The van der Waals surface area contributed by atoms with Crippen molar-refractivity contribution in [3.63, 3.8) is 0 Å². The number of rotatable bonds is 4. The number of carbonyl (C=O) groups is 1. The Kier molecular flexibility index (Phi) is 4.83. The first-order chi connectivity index (χ1) is 13.5. The number of azo groups is 1. The molecule has 1 heterocycles. The zero-order valence-electron chi connectivity index (χ0n) is 15.1. The topological polar surface area (TPSA) is 79.0 Å². The van der Waals surface area contributed by atoms with Crippen LogP contribution in [0.5, 0.6) is 5.88 Å². The van der Waals surface area contributed by atoms with Gasteiger partial charge in [-0.3, -0.25) is 4.79 Å². The maximum Gasteiger partial charge on any atom is 0.283 e. The van der Waals surface area contributed by atoms with Gasteiger partial charge < -0.3 is 15.0 Å². The predicted octanol–water partition coefficient (Wildman–Crippen LogP) is 5.52. The quantitative estimate of drug-likeness (QED) is 0.413. The van der Waals surface area contributed by atoms with Gasteiger partial charge in [0.15, 0.2) is 5.69 Å². The number of amides is 1. The molecule has 0 fully saturated rings. The summed E-state index contributed by atoms with van der Waals surface area (Å²) < 4.78 is 2.46. The van der Waals surface area contributed by atoms with Gasteiger partial charge in [-0.2, -0.15) is 0 Å². The first-order valence-corrected chi connectivity index (χ1v) is 9.46. The van der Waals surface area contributed by atoms with Crippen molar-refractivity contribution in [3.05, 3.63) is 65.1 Å².